The Balaban J connectivity index is 2.40. The maximum Gasteiger partial charge on any atom is 0.270 e. The van der Waals surface area contributed by atoms with Crippen LogP contribution in [0.3, 0.4) is 0 Å². The molecule has 17 heavy (non-hydrogen) atoms. The van der Waals surface area contributed by atoms with Crippen LogP contribution in [-0.2, 0) is 12.3 Å². The highest BCUT2D eigenvalue weighted by atomic mass is 19.3. The van der Waals surface area contributed by atoms with E-state index in [1.54, 1.807) is 6.07 Å². The van der Waals surface area contributed by atoms with Crippen molar-refractivity contribution in [2.24, 2.45) is 0 Å². The highest BCUT2D eigenvalue weighted by molar-refractivity contribution is 5.50. The van der Waals surface area contributed by atoms with Gasteiger partial charge in [0.15, 0.2) is 11.5 Å². The van der Waals surface area contributed by atoms with E-state index in [0.29, 0.717) is 29.9 Å². The van der Waals surface area contributed by atoms with Gasteiger partial charge in [0.25, 0.3) is 5.92 Å². The second-order valence-electron chi connectivity index (χ2n) is 4.08. The molecule has 94 valence electrons. The van der Waals surface area contributed by atoms with Gasteiger partial charge in [0.1, 0.15) is 0 Å². The Bertz CT molecular complexity index is 413. The standard InChI is InChI=1S/C12H14F2O3/c1-12(13,14)9-6-11-10(16-7-17-11)5-8(9)3-2-4-15/h5-6,15H,2-4,7H2,1H3. The van der Waals surface area contributed by atoms with Crippen molar-refractivity contribution >= 4 is 0 Å². The van der Waals surface area contributed by atoms with Crippen LogP contribution in [0.5, 0.6) is 11.5 Å². The Morgan fingerprint density at radius 3 is 2.53 bits per heavy atom. The number of fused-ring (bicyclic) bond motifs is 1. The molecular formula is C12H14F2O3. The summed E-state index contributed by atoms with van der Waals surface area (Å²) in [5.41, 5.74) is 0.436. The second kappa shape index (κ2) is 4.49. The van der Waals surface area contributed by atoms with Gasteiger partial charge in [-0.25, -0.2) is 8.78 Å². The molecule has 0 saturated heterocycles. The van der Waals surface area contributed by atoms with Gasteiger partial charge in [-0.05, 0) is 30.5 Å². The zero-order chi connectivity index (χ0) is 12.5. The molecule has 0 bridgehead atoms. The Labute approximate surface area is 98.0 Å². The monoisotopic (exact) mass is 244 g/mol. The van der Waals surface area contributed by atoms with Gasteiger partial charge in [-0.3, -0.25) is 0 Å². The van der Waals surface area contributed by atoms with Gasteiger partial charge in [-0.1, -0.05) is 0 Å². The summed E-state index contributed by atoms with van der Waals surface area (Å²) in [5.74, 6) is -2.08. The largest absolute Gasteiger partial charge is 0.454 e. The fourth-order valence-corrected chi connectivity index (χ4v) is 1.87. The quantitative estimate of drug-likeness (QED) is 0.884. The molecule has 3 nitrogen and oxygen atoms in total. The molecule has 1 aliphatic heterocycles. The molecule has 0 fully saturated rings. The topological polar surface area (TPSA) is 38.7 Å². The fraction of sp³-hybridized carbons (Fsp3) is 0.500. The van der Waals surface area contributed by atoms with E-state index in [1.807, 2.05) is 0 Å². The predicted octanol–water partition coefficient (Wildman–Crippen LogP) is 2.45. The van der Waals surface area contributed by atoms with Crippen molar-refractivity contribution in [3.05, 3.63) is 23.3 Å². The molecule has 0 amide bonds. The molecule has 0 aliphatic carbocycles. The van der Waals surface area contributed by atoms with Gasteiger partial charge in [0.2, 0.25) is 6.79 Å². The number of alkyl halides is 2. The van der Waals surface area contributed by atoms with Crippen molar-refractivity contribution in [3.8, 4) is 11.5 Å². The van der Waals surface area contributed by atoms with E-state index >= 15 is 0 Å². The van der Waals surface area contributed by atoms with Gasteiger partial charge in [0.05, 0.1) is 0 Å². The summed E-state index contributed by atoms with van der Waals surface area (Å²) in [6.07, 6.45) is 0.842. The summed E-state index contributed by atoms with van der Waals surface area (Å²) in [4.78, 5) is 0. The summed E-state index contributed by atoms with van der Waals surface area (Å²) in [7, 11) is 0. The molecular weight excluding hydrogens is 230 g/mol. The number of rotatable bonds is 4. The summed E-state index contributed by atoms with van der Waals surface area (Å²) < 4.78 is 37.1. The zero-order valence-corrected chi connectivity index (χ0v) is 9.50. The van der Waals surface area contributed by atoms with Crippen LogP contribution in [0.25, 0.3) is 0 Å². The van der Waals surface area contributed by atoms with Crippen molar-refractivity contribution in [2.45, 2.75) is 25.7 Å². The van der Waals surface area contributed by atoms with Crippen molar-refractivity contribution in [1.82, 2.24) is 0 Å². The first-order chi connectivity index (χ1) is 8.02. The van der Waals surface area contributed by atoms with Crippen LogP contribution in [0, 0.1) is 0 Å². The molecule has 5 heteroatoms. The lowest BCUT2D eigenvalue weighted by Gasteiger charge is -2.16. The van der Waals surface area contributed by atoms with Gasteiger partial charge >= 0.3 is 0 Å². The SMILES string of the molecule is CC(F)(F)c1cc2c(cc1CCCO)OCO2. The van der Waals surface area contributed by atoms with Crippen LogP contribution in [0.2, 0.25) is 0 Å². The maximum atomic E-state index is 13.5. The minimum atomic E-state index is -2.92. The minimum Gasteiger partial charge on any atom is -0.454 e. The molecule has 0 saturated carbocycles. The van der Waals surface area contributed by atoms with Crippen molar-refractivity contribution in [2.75, 3.05) is 13.4 Å². The van der Waals surface area contributed by atoms with Crippen LogP contribution >= 0.6 is 0 Å². The summed E-state index contributed by atoms with van der Waals surface area (Å²) in [5, 5.41) is 8.77. The number of hydrogen-bond acceptors (Lipinski definition) is 3. The van der Waals surface area contributed by atoms with Gasteiger partial charge in [-0.15, -0.1) is 0 Å². The lowest BCUT2D eigenvalue weighted by Crippen LogP contribution is -2.11. The maximum absolute atomic E-state index is 13.5. The van der Waals surface area contributed by atoms with E-state index in [0.717, 1.165) is 6.92 Å². The molecule has 1 aliphatic rings. The Hall–Kier alpha value is -1.36. The normalized spacial score (nSPS) is 14.1. The zero-order valence-electron chi connectivity index (χ0n) is 9.50. The van der Waals surface area contributed by atoms with Crippen molar-refractivity contribution in [1.29, 1.82) is 0 Å². The highest BCUT2D eigenvalue weighted by Crippen LogP contribution is 2.40. The van der Waals surface area contributed by atoms with E-state index < -0.39 is 5.92 Å². The third kappa shape index (κ3) is 2.49. The van der Waals surface area contributed by atoms with E-state index in [9.17, 15) is 8.78 Å². The number of ether oxygens (including phenoxy) is 2. The van der Waals surface area contributed by atoms with Crippen LogP contribution in [-0.4, -0.2) is 18.5 Å². The first-order valence-corrected chi connectivity index (χ1v) is 5.44. The number of aliphatic hydroxyl groups excluding tert-OH is 1. The molecule has 0 radical (unpaired) electrons. The van der Waals surface area contributed by atoms with Crippen LogP contribution in [0.15, 0.2) is 12.1 Å². The van der Waals surface area contributed by atoms with Crippen LogP contribution in [0.4, 0.5) is 8.78 Å². The smallest absolute Gasteiger partial charge is 0.270 e. The van der Waals surface area contributed by atoms with E-state index in [1.165, 1.54) is 6.07 Å². The number of aryl methyl sites for hydroxylation is 1. The molecule has 0 spiro atoms. The van der Waals surface area contributed by atoms with Crippen molar-refractivity contribution < 1.29 is 23.4 Å². The fourth-order valence-electron chi connectivity index (χ4n) is 1.87. The van der Waals surface area contributed by atoms with Crippen LogP contribution < -0.4 is 9.47 Å². The molecule has 1 N–H and O–H groups in total. The van der Waals surface area contributed by atoms with Crippen molar-refractivity contribution in [3.63, 3.8) is 0 Å². The molecule has 1 aromatic carbocycles. The minimum absolute atomic E-state index is 0.0246. The molecule has 2 rings (SSSR count). The average molecular weight is 244 g/mol. The van der Waals surface area contributed by atoms with Gasteiger partial charge < -0.3 is 14.6 Å². The van der Waals surface area contributed by atoms with Crippen LogP contribution in [0.1, 0.15) is 24.5 Å². The number of aliphatic hydroxyl groups is 1. The lowest BCUT2D eigenvalue weighted by molar-refractivity contribution is 0.0163. The lowest BCUT2D eigenvalue weighted by atomic mass is 9.98. The van der Waals surface area contributed by atoms with E-state index in [2.05, 4.69) is 0 Å². The molecule has 0 unspecified atom stereocenters. The summed E-state index contributed by atoms with van der Waals surface area (Å²) >= 11 is 0. The van der Waals surface area contributed by atoms with Gasteiger partial charge in [-0.2, -0.15) is 0 Å². The third-order valence-corrected chi connectivity index (χ3v) is 2.68. The van der Waals surface area contributed by atoms with E-state index in [-0.39, 0.29) is 19.0 Å². The molecule has 1 heterocycles. The number of benzene rings is 1. The Morgan fingerprint density at radius 1 is 1.29 bits per heavy atom. The number of hydrogen-bond donors (Lipinski definition) is 1. The predicted molar refractivity (Wildman–Crippen MR) is 57.5 cm³/mol. The summed E-state index contributed by atoms with van der Waals surface area (Å²) in [6, 6.07) is 2.90. The Kier molecular flexibility index (Phi) is 3.19. The summed E-state index contributed by atoms with van der Waals surface area (Å²) in [6.45, 7) is 0.893. The van der Waals surface area contributed by atoms with E-state index in [4.69, 9.17) is 14.6 Å². The molecule has 0 atom stereocenters. The highest BCUT2D eigenvalue weighted by Gasteiger charge is 2.30. The first kappa shape index (κ1) is 12.1. The average Bonchev–Trinajstić information content (AvgIpc) is 2.70. The Morgan fingerprint density at radius 2 is 1.94 bits per heavy atom. The van der Waals surface area contributed by atoms with Gasteiger partial charge in [0, 0.05) is 19.1 Å². The third-order valence-electron chi connectivity index (χ3n) is 2.68. The second-order valence-corrected chi connectivity index (χ2v) is 4.08. The molecule has 1 aromatic rings. The number of halogens is 2. The first-order valence-electron chi connectivity index (χ1n) is 5.44. The molecule has 0 aromatic heterocycles.